The van der Waals surface area contributed by atoms with Crippen molar-refractivity contribution in [3.63, 3.8) is 0 Å². The summed E-state index contributed by atoms with van der Waals surface area (Å²) in [6.45, 7) is 0. The van der Waals surface area contributed by atoms with Gasteiger partial charge in [-0.2, -0.15) is 0 Å². The van der Waals surface area contributed by atoms with E-state index in [9.17, 15) is 8.42 Å². The van der Waals surface area contributed by atoms with Gasteiger partial charge in [0.15, 0.2) is 9.84 Å². The average molecular weight is 626 g/mol. The summed E-state index contributed by atoms with van der Waals surface area (Å²) in [6, 6.07) is 42.2. The van der Waals surface area contributed by atoms with Gasteiger partial charge in [-0.05, 0) is 60.2 Å². The van der Waals surface area contributed by atoms with E-state index in [0.29, 0.717) is 15.8 Å². The third kappa shape index (κ3) is 8.13. The van der Waals surface area contributed by atoms with Crippen LogP contribution in [0.15, 0.2) is 142 Å². The molecule has 0 unspecified atom stereocenters. The van der Waals surface area contributed by atoms with E-state index in [-0.39, 0.29) is 4.90 Å². The highest BCUT2D eigenvalue weighted by Gasteiger charge is 2.15. The highest BCUT2D eigenvalue weighted by molar-refractivity contribution is 7.99. The van der Waals surface area contributed by atoms with E-state index in [1.807, 2.05) is 0 Å². The fourth-order valence-electron chi connectivity index (χ4n) is 3.82. The maximum absolute atomic E-state index is 11.5. The van der Waals surface area contributed by atoms with Crippen molar-refractivity contribution >= 4 is 68.6 Å². The molecule has 5 aromatic rings. The van der Waals surface area contributed by atoms with Crippen LogP contribution < -0.4 is 20.7 Å². The molecule has 0 bridgehead atoms. The van der Waals surface area contributed by atoms with Crippen LogP contribution in [0.2, 0.25) is 10.0 Å². The van der Waals surface area contributed by atoms with Gasteiger partial charge in [-0.3, -0.25) is 0 Å². The molecule has 0 spiro atoms. The molecule has 0 N–H and O–H groups in total. The van der Waals surface area contributed by atoms with Gasteiger partial charge in [-0.15, -0.1) is 0 Å². The molecule has 0 saturated carbocycles. The van der Waals surface area contributed by atoms with Gasteiger partial charge in [0, 0.05) is 16.2 Å². The quantitative estimate of drug-likeness (QED) is 0.172. The van der Waals surface area contributed by atoms with E-state index in [2.05, 4.69) is 91.0 Å². The Labute approximate surface area is 251 Å². The predicted octanol–water partition coefficient (Wildman–Crippen LogP) is 8.00. The van der Waals surface area contributed by atoms with Crippen molar-refractivity contribution in [2.75, 3.05) is 13.4 Å². The molecule has 5 rings (SSSR count). The number of methoxy groups -OCH3 is 1. The van der Waals surface area contributed by atoms with Gasteiger partial charge < -0.3 is 4.74 Å². The summed E-state index contributed by atoms with van der Waals surface area (Å²) in [5.41, 5.74) is 0. The summed E-state index contributed by atoms with van der Waals surface area (Å²) in [4.78, 5) is 1.72. The van der Waals surface area contributed by atoms with Crippen LogP contribution in [0.25, 0.3) is 0 Å². The van der Waals surface area contributed by atoms with Crippen molar-refractivity contribution in [3.8, 4) is 5.75 Å². The molecule has 0 radical (unpaired) electrons. The first-order valence-corrected chi connectivity index (χ1v) is 17.0. The Bertz CT molecular complexity index is 1560. The fourth-order valence-corrected chi connectivity index (χ4v) is 8.34. The van der Waals surface area contributed by atoms with Crippen LogP contribution in [0.4, 0.5) is 0 Å². The van der Waals surface area contributed by atoms with Crippen LogP contribution >= 0.6 is 42.9 Å². The number of ether oxygens (including phenoxy) is 1. The SMILES string of the molecule is COc1ccc(Cl)cc1Sc1ccc(S(C)(=O)=O)cc1Cl.c1ccc(P(c2ccccc2)c2ccccc2)cc1. The van der Waals surface area contributed by atoms with E-state index < -0.39 is 17.8 Å². The second kappa shape index (κ2) is 14.2. The molecule has 3 nitrogen and oxygen atoms in total. The number of hydrogen-bond donors (Lipinski definition) is 0. The fraction of sp³-hybridized carbons (Fsp3) is 0.0625. The van der Waals surface area contributed by atoms with Crippen LogP contribution in [-0.2, 0) is 9.84 Å². The number of benzene rings is 5. The van der Waals surface area contributed by atoms with E-state index in [1.54, 1.807) is 31.4 Å². The van der Waals surface area contributed by atoms with Gasteiger partial charge in [-0.25, -0.2) is 8.42 Å². The van der Waals surface area contributed by atoms with Crippen LogP contribution in [0.1, 0.15) is 0 Å². The van der Waals surface area contributed by atoms with E-state index in [1.165, 1.54) is 39.8 Å². The zero-order chi connectivity index (χ0) is 28.5. The molecular formula is C32H27Cl2O3PS2. The minimum Gasteiger partial charge on any atom is -0.496 e. The molecule has 0 aliphatic rings. The highest BCUT2D eigenvalue weighted by atomic mass is 35.5. The predicted molar refractivity (Wildman–Crippen MR) is 172 cm³/mol. The molecule has 0 amide bonds. The summed E-state index contributed by atoms with van der Waals surface area (Å²) in [6.07, 6.45) is 1.14. The molecule has 204 valence electrons. The van der Waals surface area contributed by atoms with Gasteiger partial charge in [-0.1, -0.05) is 126 Å². The Morgan fingerprint density at radius 2 is 1.15 bits per heavy atom. The van der Waals surface area contributed by atoms with E-state index in [4.69, 9.17) is 27.9 Å². The monoisotopic (exact) mass is 624 g/mol. The molecule has 0 aromatic heterocycles. The van der Waals surface area contributed by atoms with Crippen LogP contribution in [0.3, 0.4) is 0 Å². The normalized spacial score (nSPS) is 11.0. The number of halogens is 2. The first-order chi connectivity index (χ1) is 19.3. The molecule has 0 fully saturated rings. The lowest BCUT2D eigenvalue weighted by Crippen LogP contribution is -2.20. The minimum absolute atomic E-state index is 0.190. The lowest BCUT2D eigenvalue weighted by molar-refractivity contribution is 0.405. The zero-order valence-electron chi connectivity index (χ0n) is 21.9. The second-order valence-corrected chi connectivity index (χ2v) is 14.8. The molecule has 40 heavy (non-hydrogen) atoms. The van der Waals surface area contributed by atoms with Crippen molar-refractivity contribution in [3.05, 3.63) is 137 Å². The van der Waals surface area contributed by atoms with Crippen molar-refractivity contribution in [1.82, 2.24) is 0 Å². The molecule has 0 aliphatic carbocycles. The van der Waals surface area contributed by atoms with E-state index >= 15 is 0 Å². The van der Waals surface area contributed by atoms with Crippen molar-refractivity contribution in [1.29, 1.82) is 0 Å². The Balaban J connectivity index is 0.000000186. The molecule has 8 heteroatoms. The molecule has 0 atom stereocenters. The van der Waals surface area contributed by atoms with E-state index in [0.717, 1.165) is 16.0 Å². The van der Waals surface area contributed by atoms with Crippen LogP contribution in [0, 0.1) is 0 Å². The summed E-state index contributed by atoms with van der Waals surface area (Å²) in [5, 5.41) is 5.15. The zero-order valence-corrected chi connectivity index (χ0v) is 25.9. The first kappa shape index (κ1) is 30.2. The summed E-state index contributed by atoms with van der Waals surface area (Å²) >= 11 is 13.5. The van der Waals surface area contributed by atoms with Crippen molar-refractivity contribution in [2.24, 2.45) is 0 Å². The van der Waals surface area contributed by atoms with Gasteiger partial charge in [0.05, 0.1) is 21.9 Å². The largest absolute Gasteiger partial charge is 0.496 e. The van der Waals surface area contributed by atoms with Crippen molar-refractivity contribution < 1.29 is 13.2 Å². The van der Waals surface area contributed by atoms with Gasteiger partial charge in [0.25, 0.3) is 0 Å². The topological polar surface area (TPSA) is 43.4 Å². The Morgan fingerprint density at radius 1 is 0.650 bits per heavy atom. The standard InChI is InChI=1S/C18H15P.C14H12Cl2O3S2/c1-4-10-16(11-5-1)19(17-12-6-2-7-13-17)18-14-8-3-9-15-18;1-19-12-5-3-9(15)7-14(12)20-13-6-4-10(8-11(13)16)21(2,17)18/h1-15H;3-8H,1-2H3. The first-order valence-electron chi connectivity index (χ1n) is 12.2. The maximum Gasteiger partial charge on any atom is 0.175 e. The molecule has 0 saturated heterocycles. The number of hydrogen-bond acceptors (Lipinski definition) is 4. The molecule has 0 heterocycles. The summed E-state index contributed by atoms with van der Waals surface area (Å²) < 4.78 is 28.3. The summed E-state index contributed by atoms with van der Waals surface area (Å²) in [5.74, 6) is 0.674. The Hall–Kier alpha value is -2.79. The second-order valence-electron chi connectivity index (χ2n) is 8.60. The Kier molecular flexibility index (Phi) is 10.7. The third-order valence-electron chi connectivity index (χ3n) is 5.72. The van der Waals surface area contributed by atoms with Crippen molar-refractivity contribution in [2.45, 2.75) is 14.7 Å². The summed E-state index contributed by atoms with van der Waals surface area (Å²) in [7, 11) is -2.15. The van der Waals surface area contributed by atoms with Gasteiger partial charge in [0.1, 0.15) is 5.75 Å². The maximum atomic E-state index is 11.5. The molecule has 5 aromatic carbocycles. The lowest BCUT2D eigenvalue weighted by atomic mass is 10.3. The van der Waals surface area contributed by atoms with Crippen LogP contribution in [0.5, 0.6) is 5.75 Å². The van der Waals surface area contributed by atoms with Crippen LogP contribution in [-0.4, -0.2) is 21.8 Å². The Morgan fingerprint density at radius 3 is 1.57 bits per heavy atom. The highest BCUT2D eigenvalue weighted by Crippen LogP contribution is 2.40. The lowest BCUT2D eigenvalue weighted by Gasteiger charge is -2.18. The smallest absolute Gasteiger partial charge is 0.175 e. The average Bonchev–Trinajstić information content (AvgIpc) is 2.96. The number of rotatable bonds is 7. The minimum atomic E-state index is -3.27. The van der Waals surface area contributed by atoms with Gasteiger partial charge >= 0.3 is 0 Å². The molecular weight excluding hydrogens is 598 g/mol. The third-order valence-corrected chi connectivity index (χ3v) is 11.0. The van der Waals surface area contributed by atoms with Gasteiger partial charge in [0.2, 0.25) is 0 Å². The number of sulfone groups is 1. The molecule has 0 aliphatic heterocycles.